The number of benzene rings is 1. The number of nitrogens with one attached hydrogen (secondary N) is 2. The van der Waals surface area contributed by atoms with E-state index in [0.29, 0.717) is 32.5 Å². The van der Waals surface area contributed by atoms with Gasteiger partial charge in [-0.3, -0.25) is 9.59 Å². The number of halogens is 2. The Morgan fingerprint density at radius 3 is 2.48 bits per heavy atom. The fraction of sp³-hybridized carbons (Fsp3) is 0.529. The Labute approximate surface area is 169 Å². The number of amides is 2. The van der Waals surface area contributed by atoms with Crippen LogP contribution >= 0.6 is 23.2 Å². The molecule has 0 saturated carbocycles. The van der Waals surface area contributed by atoms with Crippen LogP contribution in [0.1, 0.15) is 30.1 Å². The van der Waals surface area contributed by atoms with E-state index < -0.39 is 22.0 Å². The van der Waals surface area contributed by atoms with Crippen molar-refractivity contribution < 1.29 is 18.0 Å². The van der Waals surface area contributed by atoms with Crippen LogP contribution in [0.4, 0.5) is 0 Å². The molecule has 1 aliphatic heterocycles. The highest BCUT2D eigenvalue weighted by molar-refractivity contribution is 7.88. The second kappa shape index (κ2) is 9.23. The molecule has 2 N–H and O–H groups in total. The second-order valence-electron chi connectivity index (χ2n) is 6.65. The molecule has 0 bridgehead atoms. The highest BCUT2D eigenvalue weighted by Gasteiger charge is 2.26. The van der Waals surface area contributed by atoms with Crippen LogP contribution in [0.5, 0.6) is 0 Å². The first-order chi connectivity index (χ1) is 12.6. The van der Waals surface area contributed by atoms with Crippen LogP contribution in [0.15, 0.2) is 18.2 Å². The summed E-state index contributed by atoms with van der Waals surface area (Å²) in [6.07, 6.45) is 2.57. The lowest BCUT2D eigenvalue weighted by molar-refractivity contribution is -0.122. The number of nitrogens with zero attached hydrogens (tertiary/aromatic N) is 1. The predicted octanol–water partition coefficient (Wildman–Crippen LogP) is 1.90. The quantitative estimate of drug-likeness (QED) is 0.712. The minimum absolute atomic E-state index is 0.141. The van der Waals surface area contributed by atoms with Gasteiger partial charge in [0.15, 0.2) is 0 Å². The van der Waals surface area contributed by atoms with Gasteiger partial charge >= 0.3 is 0 Å². The van der Waals surface area contributed by atoms with E-state index in [9.17, 15) is 18.0 Å². The smallest absolute Gasteiger partial charge is 0.253 e. The summed E-state index contributed by atoms with van der Waals surface area (Å²) in [4.78, 5) is 24.5. The van der Waals surface area contributed by atoms with E-state index >= 15 is 0 Å². The summed E-state index contributed by atoms with van der Waals surface area (Å²) in [6.45, 7) is 2.93. The summed E-state index contributed by atoms with van der Waals surface area (Å²) in [5.74, 6) is -0.587. The van der Waals surface area contributed by atoms with E-state index in [-0.39, 0.29) is 27.4 Å². The molecule has 2 rings (SSSR count). The summed E-state index contributed by atoms with van der Waals surface area (Å²) in [7, 11) is -3.16. The molecule has 0 aliphatic carbocycles. The standard InChI is InChI=1S/C17H23Cl2N3O4S/c1-11(21-17(24)13-4-3-5-14(18)15(13)19)16(23)20-10-12-6-8-22(9-7-12)27(2,25)26/h3-5,11-12H,6-10H2,1-2H3,(H,20,23)(H,21,24). The van der Waals surface area contributed by atoms with Gasteiger partial charge in [0.25, 0.3) is 5.91 Å². The average Bonchev–Trinajstić information content (AvgIpc) is 2.61. The maximum Gasteiger partial charge on any atom is 0.253 e. The molecule has 10 heteroatoms. The van der Waals surface area contributed by atoms with Crippen LogP contribution in [0, 0.1) is 5.92 Å². The van der Waals surface area contributed by atoms with Crippen molar-refractivity contribution >= 4 is 45.0 Å². The summed E-state index contributed by atoms with van der Waals surface area (Å²) >= 11 is 11.9. The first kappa shape index (κ1) is 21.9. The zero-order valence-corrected chi connectivity index (χ0v) is 17.5. The predicted molar refractivity (Wildman–Crippen MR) is 106 cm³/mol. The van der Waals surface area contributed by atoms with Crippen LogP contribution in [0.2, 0.25) is 10.0 Å². The summed E-state index contributed by atoms with van der Waals surface area (Å²) in [5.41, 5.74) is 0.206. The minimum atomic E-state index is -3.16. The number of sulfonamides is 1. The first-order valence-electron chi connectivity index (χ1n) is 8.57. The lowest BCUT2D eigenvalue weighted by Crippen LogP contribution is -2.47. The van der Waals surface area contributed by atoms with Gasteiger partial charge in [-0.15, -0.1) is 0 Å². The highest BCUT2D eigenvalue weighted by Crippen LogP contribution is 2.25. The third-order valence-electron chi connectivity index (χ3n) is 4.54. The lowest BCUT2D eigenvalue weighted by Gasteiger charge is -2.30. The van der Waals surface area contributed by atoms with E-state index in [1.54, 1.807) is 19.1 Å². The molecule has 1 aromatic carbocycles. The van der Waals surface area contributed by atoms with E-state index in [0.717, 1.165) is 0 Å². The lowest BCUT2D eigenvalue weighted by atomic mass is 9.98. The van der Waals surface area contributed by atoms with Gasteiger partial charge in [0.05, 0.1) is 21.9 Å². The topological polar surface area (TPSA) is 95.6 Å². The molecule has 2 amide bonds. The van der Waals surface area contributed by atoms with Gasteiger partial charge < -0.3 is 10.6 Å². The number of carbonyl (C=O) groups excluding carboxylic acids is 2. The summed E-state index contributed by atoms with van der Waals surface area (Å²) in [6, 6.07) is 3.97. The van der Waals surface area contributed by atoms with E-state index in [4.69, 9.17) is 23.2 Å². The van der Waals surface area contributed by atoms with Crippen molar-refractivity contribution in [2.45, 2.75) is 25.8 Å². The minimum Gasteiger partial charge on any atom is -0.354 e. The number of carbonyl (C=O) groups is 2. The van der Waals surface area contributed by atoms with Crippen molar-refractivity contribution in [1.29, 1.82) is 0 Å². The maximum atomic E-state index is 12.3. The fourth-order valence-electron chi connectivity index (χ4n) is 2.86. The molecule has 27 heavy (non-hydrogen) atoms. The van der Waals surface area contributed by atoms with Crippen molar-refractivity contribution in [1.82, 2.24) is 14.9 Å². The van der Waals surface area contributed by atoms with E-state index in [2.05, 4.69) is 10.6 Å². The Morgan fingerprint density at radius 1 is 1.26 bits per heavy atom. The third-order valence-corrected chi connectivity index (χ3v) is 6.67. The molecule has 0 spiro atoms. The molecular formula is C17H23Cl2N3O4S. The molecule has 7 nitrogen and oxygen atoms in total. The molecule has 1 fully saturated rings. The zero-order valence-electron chi connectivity index (χ0n) is 15.2. The average molecular weight is 436 g/mol. The molecular weight excluding hydrogens is 413 g/mol. The molecule has 0 aromatic heterocycles. The largest absolute Gasteiger partial charge is 0.354 e. The Hall–Kier alpha value is -1.35. The van der Waals surface area contributed by atoms with Gasteiger partial charge in [-0.05, 0) is 37.8 Å². The van der Waals surface area contributed by atoms with Gasteiger partial charge in [0, 0.05) is 19.6 Å². The van der Waals surface area contributed by atoms with Crippen molar-refractivity contribution in [3.63, 3.8) is 0 Å². The normalized spacial score (nSPS) is 17.3. The molecule has 1 atom stereocenters. The molecule has 1 saturated heterocycles. The summed E-state index contributed by atoms with van der Waals surface area (Å²) < 4.78 is 24.5. The Kier molecular flexibility index (Phi) is 7.50. The van der Waals surface area contributed by atoms with Gasteiger partial charge in [-0.2, -0.15) is 0 Å². The Morgan fingerprint density at radius 2 is 1.89 bits per heavy atom. The third kappa shape index (κ3) is 6.07. The van der Waals surface area contributed by atoms with Crippen molar-refractivity contribution in [3.05, 3.63) is 33.8 Å². The monoisotopic (exact) mass is 435 g/mol. The first-order valence-corrected chi connectivity index (χ1v) is 11.2. The molecule has 1 aromatic rings. The van der Waals surface area contributed by atoms with Crippen molar-refractivity contribution in [3.8, 4) is 0 Å². The number of piperidine rings is 1. The van der Waals surface area contributed by atoms with Gasteiger partial charge in [-0.25, -0.2) is 12.7 Å². The molecule has 150 valence electrons. The Bertz CT molecular complexity index is 808. The number of rotatable bonds is 6. The van der Waals surface area contributed by atoms with Gasteiger partial charge in [-0.1, -0.05) is 29.3 Å². The Balaban J connectivity index is 1.81. The molecule has 1 aliphatic rings. The zero-order chi connectivity index (χ0) is 20.2. The van der Waals surface area contributed by atoms with Crippen LogP contribution in [-0.4, -0.2) is 56.5 Å². The van der Waals surface area contributed by atoms with Crippen LogP contribution in [0.25, 0.3) is 0 Å². The summed E-state index contributed by atoms with van der Waals surface area (Å²) in [5, 5.41) is 5.81. The number of hydrogen-bond acceptors (Lipinski definition) is 4. The maximum absolute atomic E-state index is 12.3. The fourth-order valence-corrected chi connectivity index (χ4v) is 4.12. The van der Waals surface area contributed by atoms with Gasteiger partial charge in [0.2, 0.25) is 15.9 Å². The second-order valence-corrected chi connectivity index (χ2v) is 9.41. The van der Waals surface area contributed by atoms with Crippen LogP contribution in [0.3, 0.4) is 0 Å². The van der Waals surface area contributed by atoms with Crippen LogP contribution in [-0.2, 0) is 14.8 Å². The van der Waals surface area contributed by atoms with E-state index in [1.165, 1.54) is 16.6 Å². The van der Waals surface area contributed by atoms with Gasteiger partial charge in [0.1, 0.15) is 6.04 Å². The number of hydrogen-bond donors (Lipinski definition) is 2. The highest BCUT2D eigenvalue weighted by atomic mass is 35.5. The van der Waals surface area contributed by atoms with E-state index in [1.807, 2.05) is 0 Å². The van der Waals surface area contributed by atoms with Crippen LogP contribution < -0.4 is 10.6 Å². The molecule has 0 radical (unpaired) electrons. The molecule has 1 heterocycles. The van der Waals surface area contributed by atoms with Crippen molar-refractivity contribution in [2.75, 3.05) is 25.9 Å². The van der Waals surface area contributed by atoms with Crippen molar-refractivity contribution in [2.24, 2.45) is 5.92 Å². The SMILES string of the molecule is CC(NC(=O)c1cccc(Cl)c1Cl)C(=O)NCC1CCN(S(C)(=O)=O)CC1. The molecule has 1 unspecified atom stereocenters.